The van der Waals surface area contributed by atoms with Crippen LogP contribution in [0.2, 0.25) is 0 Å². The van der Waals surface area contributed by atoms with Gasteiger partial charge in [0.05, 0.1) is 11.1 Å². The first-order valence-electron chi connectivity index (χ1n) is 8.54. The Morgan fingerprint density at radius 1 is 1.00 bits per heavy atom. The summed E-state index contributed by atoms with van der Waals surface area (Å²) in [4.78, 5) is 30.1. The molecule has 0 saturated heterocycles. The lowest BCUT2D eigenvalue weighted by molar-refractivity contribution is 0.0655. The smallest absolute Gasteiger partial charge is 0.261 e. The molecule has 0 bridgehead atoms. The largest absolute Gasteiger partial charge is 0.305 e. The number of thioether (sulfide) groups is 1. The van der Waals surface area contributed by atoms with Gasteiger partial charge in [-0.2, -0.15) is 0 Å². The molecular weight excluding hydrogens is 362 g/mol. The van der Waals surface area contributed by atoms with E-state index < -0.39 is 0 Å². The zero-order valence-electron chi connectivity index (χ0n) is 14.7. The third-order valence-corrected chi connectivity index (χ3v) is 5.50. The molecule has 0 fully saturated rings. The predicted octanol–water partition coefficient (Wildman–Crippen LogP) is 2.66. The summed E-state index contributed by atoms with van der Waals surface area (Å²) in [5.74, 6) is 1.06. The average molecular weight is 379 g/mol. The third kappa shape index (κ3) is 3.23. The van der Waals surface area contributed by atoms with Gasteiger partial charge in [-0.05, 0) is 30.7 Å². The van der Waals surface area contributed by atoms with Crippen LogP contribution >= 0.6 is 11.8 Å². The van der Waals surface area contributed by atoms with Crippen LogP contribution in [0.1, 0.15) is 27.1 Å². The second-order valence-corrected chi connectivity index (χ2v) is 7.18. The van der Waals surface area contributed by atoms with Gasteiger partial charge in [0.25, 0.3) is 11.8 Å². The number of hydrogen-bond acceptors (Lipinski definition) is 6. The van der Waals surface area contributed by atoms with Crippen molar-refractivity contribution in [2.24, 2.45) is 7.05 Å². The SMILES string of the molecule is Cn1c(SCCCN2C(=O)c3ccccc3C2=O)nnc1-c1cccnc1. The fourth-order valence-electron chi connectivity index (χ4n) is 3.02. The van der Waals surface area contributed by atoms with Crippen molar-refractivity contribution in [1.82, 2.24) is 24.6 Å². The van der Waals surface area contributed by atoms with E-state index in [0.717, 1.165) is 22.3 Å². The lowest BCUT2D eigenvalue weighted by atomic mass is 10.1. The molecule has 0 aliphatic carbocycles. The first kappa shape index (κ1) is 17.4. The number of benzene rings is 1. The maximum atomic E-state index is 12.4. The molecule has 0 spiro atoms. The molecule has 1 aromatic carbocycles. The molecule has 0 atom stereocenters. The van der Waals surface area contributed by atoms with Crippen LogP contribution in [0.5, 0.6) is 0 Å². The van der Waals surface area contributed by atoms with E-state index in [9.17, 15) is 9.59 Å². The average Bonchev–Trinajstić information content (AvgIpc) is 3.18. The van der Waals surface area contributed by atoms with Gasteiger partial charge in [0, 0.05) is 37.3 Å². The van der Waals surface area contributed by atoms with Crippen LogP contribution < -0.4 is 0 Å². The van der Waals surface area contributed by atoms with Crippen molar-refractivity contribution in [3.05, 3.63) is 59.9 Å². The van der Waals surface area contributed by atoms with Crippen LogP contribution in [0.15, 0.2) is 53.9 Å². The van der Waals surface area contributed by atoms with Gasteiger partial charge in [-0.1, -0.05) is 23.9 Å². The van der Waals surface area contributed by atoms with E-state index in [1.807, 2.05) is 23.7 Å². The minimum atomic E-state index is -0.210. The van der Waals surface area contributed by atoms with E-state index in [0.29, 0.717) is 24.1 Å². The predicted molar refractivity (Wildman–Crippen MR) is 101 cm³/mol. The minimum Gasteiger partial charge on any atom is -0.305 e. The maximum absolute atomic E-state index is 12.4. The topological polar surface area (TPSA) is 81.0 Å². The Kier molecular flexibility index (Phi) is 4.72. The van der Waals surface area contributed by atoms with Crippen molar-refractivity contribution < 1.29 is 9.59 Å². The Balaban J connectivity index is 1.35. The quantitative estimate of drug-likeness (QED) is 0.372. The summed E-state index contributed by atoms with van der Waals surface area (Å²) in [6.45, 7) is 0.395. The van der Waals surface area contributed by atoms with Crippen LogP contribution in [-0.2, 0) is 7.05 Å². The number of imide groups is 1. The molecule has 0 N–H and O–H groups in total. The Bertz CT molecular complexity index is 967. The van der Waals surface area contributed by atoms with Crippen LogP contribution in [-0.4, -0.2) is 48.8 Å². The highest BCUT2D eigenvalue weighted by atomic mass is 32.2. The molecule has 2 amide bonds. The summed E-state index contributed by atoms with van der Waals surface area (Å²) < 4.78 is 1.92. The second kappa shape index (κ2) is 7.32. The Labute approximate surface area is 160 Å². The van der Waals surface area contributed by atoms with E-state index in [1.54, 1.807) is 48.4 Å². The first-order valence-corrected chi connectivity index (χ1v) is 9.53. The molecule has 0 radical (unpaired) electrons. The normalized spacial score (nSPS) is 13.3. The fraction of sp³-hybridized carbons (Fsp3) is 0.211. The van der Waals surface area contributed by atoms with Crippen molar-refractivity contribution in [3.63, 3.8) is 0 Å². The van der Waals surface area contributed by atoms with Gasteiger partial charge in [-0.15, -0.1) is 10.2 Å². The van der Waals surface area contributed by atoms with Gasteiger partial charge in [-0.25, -0.2) is 0 Å². The Morgan fingerprint density at radius 3 is 2.41 bits per heavy atom. The summed E-state index contributed by atoms with van der Waals surface area (Å²) in [5, 5.41) is 9.24. The van der Waals surface area contributed by atoms with Crippen LogP contribution in [0, 0.1) is 0 Å². The lowest BCUT2D eigenvalue weighted by Crippen LogP contribution is -2.31. The monoisotopic (exact) mass is 379 g/mol. The molecule has 7 nitrogen and oxygen atoms in total. The highest BCUT2D eigenvalue weighted by Crippen LogP contribution is 2.25. The molecule has 3 aromatic rings. The van der Waals surface area contributed by atoms with Crippen LogP contribution in [0.3, 0.4) is 0 Å². The zero-order valence-corrected chi connectivity index (χ0v) is 15.5. The van der Waals surface area contributed by atoms with Crippen molar-refractivity contribution >= 4 is 23.6 Å². The summed E-state index contributed by atoms with van der Waals surface area (Å²) in [7, 11) is 1.91. The number of pyridine rings is 1. The van der Waals surface area contributed by atoms with Crippen molar-refractivity contribution in [1.29, 1.82) is 0 Å². The van der Waals surface area contributed by atoms with Gasteiger partial charge in [-0.3, -0.25) is 19.5 Å². The highest BCUT2D eigenvalue weighted by molar-refractivity contribution is 7.99. The van der Waals surface area contributed by atoms with Crippen LogP contribution in [0.25, 0.3) is 11.4 Å². The molecule has 4 rings (SSSR count). The number of nitrogens with zero attached hydrogens (tertiary/aromatic N) is 5. The zero-order chi connectivity index (χ0) is 18.8. The Morgan fingerprint density at radius 2 is 1.74 bits per heavy atom. The standard InChI is InChI=1S/C19H17N5O2S/c1-23-16(13-6-4-9-20-12-13)21-22-19(23)27-11-5-10-24-17(25)14-7-2-3-8-15(14)18(24)26/h2-4,6-9,12H,5,10-11H2,1H3. The summed E-state index contributed by atoms with van der Waals surface area (Å²) in [6.07, 6.45) is 4.15. The van der Waals surface area contributed by atoms with E-state index in [-0.39, 0.29) is 11.8 Å². The molecule has 0 unspecified atom stereocenters. The summed E-state index contributed by atoms with van der Waals surface area (Å²) in [5.41, 5.74) is 1.89. The molecule has 3 heterocycles. The minimum absolute atomic E-state index is 0.210. The Hall–Kier alpha value is -3.00. The van der Waals surface area contributed by atoms with Crippen LogP contribution in [0.4, 0.5) is 0 Å². The van der Waals surface area contributed by atoms with Gasteiger partial charge in [0.2, 0.25) is 0 Å². The second-order valence-electron chi connectivity index (χ2n) is 6.12. The highest BCUT2D eigenvalue weighted by Gasteiger charge is 2.34. The number of rotatable bonds is 6. The van der Waals surface area contributed by atoms with Gasteiger partial charge < -0.3 is 4.57 Å². The van der Waals surface area contributed by atoms with Gasteiger partial charge in [0.1, 0.15) is 0 Å². The summed E-state index contributed by atoms with van der Waals surface area (Å²) >= 11 is 1.55. The summed E-state index contributed by atoms with van der Waals surface area (Å²) in [6, 6.07) is 10.7. The molecular formula is C19H17N5O2S. The fourth-order valence-corrected chi connectivity index (χ4v) is 3.85. The number of carbonyl (C=O) groups excluding carboxylic acids is 2. The number of fused-ring (bicyclic) bond motifs is 1. The van der Waals surface area contributed by atoms with Crippen molar-refractivity contribution in [2.75, 3.05) is 12.3 Å². The number of amides is 2. The molecule has 27 heavy (non-hydrogen) atoms. The van der Waals surface area contributed by atoms with E-state index in [1.165, 1.54) is 4.90 Å². The molecule has 136 valence electrons. The maximum Gasteiger partial charge on any atom is 0.261 e. The van der Waals surface area contributed by atoms with Crippen molar-refractivity contribution in [3.8, 4) is 11.4 Å². The molecule has 0 saturated carbocycles. The van der Waals surface area contributed by atoms with E-state index >= 15 is 0 Å². The molecule has 1 aliphatic heterocycles. The first-order chi connectivity index (χ1) is 13.2. The van der Waals surface area contributed by atoms with Gasteiger partial charge >= 0.3 is 0 Å². The molecule has 1 aliphatic rings. The molecule has 8 heteroatoms. The van der Waals surface area contributed by atoms with Crippen molar-refractivity contribution in [2.45, 2.75) is 11.6 Å². The van der Waals surface area contributed by atoms with Gasteiger partial charge in [0.15, 0.2) is 11.0 Å². The number of aromatic nitrogens is 4. The van der Waals surface area contributed by atoms with E-state index in [2.05, 4.69) is 15.2 Å². The lowest BCUT2D eigenvalue weighted by Gasteiger charge is -2.13. The molecule has 2 aromatic heterocycles. The number of hydrogen-bond donors (Lipinski definition) is 0. The number of carbonyl (C=O) groups is 2. The van der Waals surface area contributed by atoms with E-state index in [4.69, 9.17) is 0 Å². The third-order valence-electron chi connectivity index (χ3n) is 4.39.